The molecule has 6 N–H and O–H groups in total. The van der Waals surface area contributed by atoms with E-state index in [0.717, 1.165) is 30.0 Å². The van der Waals surface area contributed by atoms with Crippen LogP contribution in [0.15, 0.2) is 71.7 Å². The van der Waals surface area contributed by atoms with Crippen molar-refractivity contribution >= 4 is 17.2 Å². The molecule has 4 nitrogen and oxygen atoms in total. The van der Waals surface area contributed by atoms with Crippen LogP contribution < -0.4 is 17.2 Å². The first-order valence-corrected chi connectivity index (χ1v) is 11.2. The quantitative estimate of drug-likeness (QED) is 0.159. The van der Waals surface area contributed by atoms with Crippen molar-refractivity contribution in [2.24, 2.45) is 10.7 Å². The highest BCUT2D eigenvalue weighted by atomic mass is 19.4. The van der Waals surface area contributed by atoms with Gasteiger partial charge in [-0.1, -0.05) is 57.5 Å². The van der Waals surface area contributed by atoms with Crippen molar-refractivity contribution in [3.63, 3.8) is 0 Å². The highest BCUT2D eigenvalue weighted by Crippen LogP contribution is 2.31. The summed E-state index contributed by atoms with van der Waals surface area (Å²) in [7, 11) is 1.64. The smallest absolute Gasteiger partial charge is 0.399 e. The maximum absolute atomic E-state index is 12.6. The van der Waals surface area contributed by atoms with Crippen LogP contribution in [-0.4, -0.2) is 12.9 Å². The van der Waals surface area contributed by atoms with E-state index in [1.807, 2.05) is 39.0 Å². The molecule has 3 aromatic carbocycles. The standard InChI is InChI=1S/C9H12FN.C8H7F3.C8H11N3.C2H6/c1-2-3-7-6-8(10)4-5-9(7)11;1-6-4-2-3-5-7(6)8(9,10)11;1-11-8(10)6-4-2-3-5-7(6)9;1-2/h4-6H,2-3,11H2,1H3;2-5H,1H3;2-5H,9H2,1H3,(H2,10,11);1-2H3. The zero-order valence-corrected chi connectivity index (χ0v) is 21.0. The number of halogens is 4. The lowest BCUT2D eigenvalue weighted by Gasteiger charge is -2.08. The maximum Gasteiger partial charge on any atom is 0.416 e. The van der Waals surface area contributed by atoms with Gasteiger partial charge in [-0.15, -0.1) is 0 Å². The summed E-state index contributed by atoms with van der Waals surface area (Å²) in [5, 5.41) is 0. The van der Waals surface area contributed by atoms with Crippen LogP contribution in [0.5, 0.6) is 0 Å². The molecule has 0 aliphatic rings. The summed E-state index contributed by atoms with van der Waals surface area (Å²) < 4.78 is 48.8. The summed E-state index contributed by atoms with van der Waals surface area (Å²) >= 11 is 0. The minimum atomic E-state index is -4.22. The van der Waals surface area contributed by atoms with Crippen molar-refractivity contribution in [3.05, 3.63) is 94.8 Å². The average Bonchev–Trinajstić information content (AvgIpc) is 2.83. The molecule has 8 heteroatoms. The second kappa shape index (κ2) is 16.1. The molecule has 0 radical (unpaired) electrons. The van der Waals surface area contributed by atoms with Gasteiger partial charge in [0.15, 0.2) is 0 Å². The molecule has 192 valence electrons. The molecular weight excluding hydrogens is 456 g/mol. The lowest BCUT2D eigenvalue weighted by Crippen LogP contribution is -2.14. The molecule has 0 aliphatic heterocycles. The Balaban J connectivity index is 0.000000478. The van der Waals surface area contributed by atoms with E-state index in [1.54, 1.807) is 25.2 Å². The molecule has 0 saturated carbocycles. The Labute approximate surface area is 205 Å². The van der Waals surface area contributed by atoms with Crippen LogP contribution in [0.1, 0.15) is 49.4 Å². The third-order valence-corrected chi connectivity index (χ3v) is 4.55. The fourth-order valence-corrected chi connectivity index (χ4v) is 2.80. The van der Waals surface area contributed by atoms with Crippen LogP contribution in [0.4, 0.5) is 28.9 Å². The molecular formula is C27H36F4N4. The molecule has 3 aromatic rings. The predicted molar refractivity (Wildman–Crippen MR) is 140 cm³/mol. The number of aryl methyl sites for hydroxylation is 2. The monoisotopic (exact) mass is 492 g/mol. The minimum absolute atomic E-state index is 0.206. The number of hydrogen-bond donors (Lipinski definition) is 3. The Kier molecular flexibility index (Phi) is 14.5. The first kappa shape index (κ1) is 31.5. The van der Waals surface area contributed by atoms with Gasteiger partial charge in [0.2, 0.25) is 0 Å². The van der Waals surface area contributed by atoms with Crippen molar-refractivity contribution in [1.29, 1.82) is 0 Å². The first-order chi connectivity index (χ1) is 16.5. The number of amidine groups is 1. The molecule has 0 bridgehead atoms. The number of nitrogens with two attached hydrogens (primary N) is 3. The van der Waals surface area contributed by atoms with Crippen LogP contribution in [0.3, 0.4) is 0 Å². The highest BCUT2D eigenvalue weighted by Gasteiger charge is 2.31. The Morgan fingerprint density at radius 2 is 1.46 bits per heavy atom. The van der Waals surface area contributed by atoms with Gasteiger partial charge >= 0.3 is 6.18 Å². The number of hydrogen-bond acceptors (Lipinski definition) is 3. The third-order valence-electron chi connectivity index (χ3n) is 4.55. The number of nitrogens with zero attached hydrogens (tertiary/aromatic N) is 1. The molecule has 0 unspecified atom stereocenters. The largest absolute Gasteiger partial charge is 0.416 e. The Hall–Kier alpha value is -3.55. The molecule has 0 heterocycles. The van der Waals surface area contributed by atoms with Crippen LogP contribution in [0, 0.1) is 12.7 Å². The Bertz CT molecular complexity index is 1050. The predicted octanol–water partition coefficient (Wildman–Crippen LogP) is 7.00. The lowest BCUT2D eigenvalue weighted by atomic mass is 10.1. The molecule has 0 aliphatic carbocycles. The number of nitrogen functional groups attached to an aromatic ring is 2. The van der Waals surface area contributed by atoms with Gasteiger partial charge in [0.05, 0.1) is 5.56 Å². The molecule has 0 fully saturated rings. The summed E-state index contributed by atoms with van der Waals surface area (Å²) in [6.07, 6.45) is -2.37. The van der Waals surface area contributed by atoms with Gasteiger partial charge in [-0.05, 0) is 60.9 Å². The second-order valence-corrected chi connectivity index (χ2v) is 7.10. The fraction of sp³-hybridized carbons (Fsp3) is 0.296. The van der Waals surface area contributed by atoms with Crippen molar-refractivity contribution in [1.82, 2.24) is 0 Å². The normalized spacial score (nSPS) is 10.6. The number of benzene rings is 3. The molecule has 3 rings (SSSR count). The Morgan fingerprint density at radius 3 is 1.94 bits per heavy atom. The molecule has 0 spiro atoms. The first-order valence-electron chi connectivity index (χ1n) is 11.2. The number of alkyl halides is 3. The summed E-state index contributed by atoms with van der Waals surface area (Å²) in [4.78, 5) is 3.83. The van der Waals surface area contributed by atoms with Crippen LogP contribution in [0.2, 0.25) is 0 Å². The van der Waals surface area contributed by atoms with Gasteiger partial charge in [0, 0.05) is 24.0 Å². The van der Waals surface area contributed by atoms with E-state index in [0.29, 0.717) is 17.2 Å². The van der Waals surface area contributed by atoms with E-state index >= 15 is 0 Å². The molecule has 0 aromatic heterocycles. The van der Waals surface area contributed by atoms with Crippen LogP contribution in [0.25, 0.3) is 0 Å². The second-order valence-electron chi connectivity index (χ2n) is 7.10. The van der Waals surface area contributed by atoms with E-state index in [2.05, 4.69) is 4.99 Å². The van der Waals surface area contributed by atoms with Gasteiger partial charge in [-0.25, -0.2) is 4.39 Å². The third kappa shape index (κ3) is 11.4. The summed E-state index contributed by atoms with van der Waals surface area (Å²) in [6, 6.07) is 17.4. The van der Waals surface area contributed by atoms with Crippen molar-refractivity contribution in [3.8, 4) is 0 Å². The molecule has 0 atom stereocenters. The number of anilines is 2. The van der Waals surface area contributed by atoms with E-state index in [4.69, 9.17) is 17.2 Å². The molecule has 0 amide bonds. The maximum atomic E-state index is 12.6. The summed E-state index contributed by atoms with van der Waals surface area (Å²) in [5.41, 5.74) is 19.6. The van der Waals surface area contributed by atoms with E-state index in [1.165, 1.54) is 31.2 Å². The summed E-state index contributed by atoms with van der Waals surface area (Å²) in [6.45, 7) is 7.49. The van der Waals surface area contributed by atoms with Crippen molar-refractivity contribution < 1.29 is 17.6 Å². The van der Waals surface area contributed by atoms with E-state index in [9.17, 15) is 17.6 Å². The Morgan fingerprint density at radius 1 is 0.886 bits per heavy atom. The van der Waals surface area contributed by atoms with Gasteiger partial charge in [-0.3, -0.25) is 4.99 Å². The van der Waals surface area contributed by atoms with E-state index in [-0.39, 0.29) is 11.4 Å². The fourth-order valence-electron chi connectivity index (χ4n) is 2.80. The zero-order chi connectivity index (χ0) is 27.0. The van der Waals surface area contributed by atoms with Crippen LogP contribution in [-0.2, 0) is 12.6 Å². The number of para-hydroxylation sites is 1. The van der Waals surface area contributed by atoms with Crippen molar-refractivity contribution in [2.45, 2.75) is 46.7 Å². The number of rotatable bonds is 3. The van der Waals surface area contributed by atoms with Gasteiger partial charge in [0.25, 0.3) is 0 Å². The van der Waals surface area contributed by atoms with E-state index < -0.39 is 11.7 Å². The van der Waals surface area contributed by atoms with Gasteiger partial charge < -0.3 is 17.2 Å². The zero-order valence-electron chi connectivity index (χ0n) is 21.0. The van der Waals surface area contributed by atoms with Crippen LogP contribution >= 0.6 is 0 Å². The summed E-state index contributed by atoms with van der Waals surface area (Å²) in [5.74, 6) is 0.269. The number of aliphatic imine (C=N–C) groups is 1. The lowest BCUT2D eigenvalue weighted by molar-refractivity contribution is -0.138. The highest BCUT2D eigenvalue weighted by molar-refractivity contribution is 6.01. The molecule has 35 heavy (non-hydrogen) atoms. The van der Waals surface area contributed by atoms with Gasteiger partial charge in [-0.2, -0.15) is 13.2 Å². The topological polar surface area (TPSA) is 90.4 Å². The minimum Gasteiger partial charge on any atom is -0.399 e. The van der Waals surface area contributed by atoms with Crippen molar-refractivity contribution in [2.75, 3.05) is 18.5 Å². The molecule has 0 saturated heterocycles. The SMILES string of the molecule is CC.CCCc1cc(F)ccc1N.CN=C(N)c1ccccc1N.Cc1ccccc1C(F)(F)F. The van der Waals surface area contributed by atoms with Gasteiger partial charge in [0.1, 0.15) is 11.7 Å². The average molecular weight is 493 g/mol.